The van der Waals surface area contributed by atoms with Crippen molar-refractivity contribution in [3.8, 4) is 0 Å². The zero-order valence-corrected chi connectivity index (χ0v) is 28.8. The summed E-state index contributed by atoms with van der Waals surface area (Å²) in [5.41, 5.74) is 0. The van der Waals surface area contributed by atoms with Crippen LogP contribution in [0.5, 0.6) is 0 Å². The van der Waals surface area contributed by atoms with Gasteiger partial charge in [0, 0.05) is 39.6 Å². The van der Waals surface area contributed by atoms with Crippen LogP contribution in [0.1, 0.15) is 34.6 Å². The van der Waals surface area contributed by atoms with Crippen molar-refractivity contribution in [3.63, 3.8) is 0 Å². The van der Waals surface area contributed by atoms with Gasteiger partial charge in [-0.25, -0.2) is 0 Å². The normalized spacial score (nSPS) is 11.3. The second kappa shape index (κ2) is 22.1. The van der Waals surface area contributed by atoms with Crippen molar-refractivity contribution in [1.82, 2.24) is 31.9 Å². The van der Waals surface area contributed by atoms with E-state index in [1.54, 1.807) is 0 Å². The van der Waals surface area contributed by atoms with Gasteiger partial charge >= 0.3 is 32.2 Å². The van der Waals surface area contributed by atoms with Gasteiger partial charge in [0.05, 0.1) is 0 Å². The van der Waals surface area contributed by atoms with E-state index in [-0.39, 0.29) is 41.0 Å². The molecule has 0 aliphatic rings. The van der Waals surface area contributed by atoms with Crippen molar-refractivity contribution in [1.29, 1.82) is 0 Å². The van der Waals surface area contributed by atoms with E-state index >= 15 is 0 Å². The minimum atomic E-state index is -2.31. The first-order valence-electron chi connectivity index (χ1n) is 13.9. The number of rotatable bonds is 19. The van der Waals surface area contributed by atoms with Crippen molar-refractivity contribution in [2.24, 2.45) is 0 Å². The molecular weight excluding hydrogens is 609 g/mol. The first kappa shape index (κ1) is 45.0. The molecule has 0 aromatic heterocycles. The minimum Gasteiger partial charge on any atom is -0.437 e. The molecule has 0 aliphatic carbocycles. The Kier molecular flexibility index (Phi) is 23.1. The quantitative estimate of drug-likeness (QED) is 0.0650. The van der Waals surface area contributed by atoms with Crippen molar-refractivity contribution >= 4 is 60.5 Å². The highest BCUT2D eigenvalue weighted by atomic mass is 28.5. The molecule has 0 atom stereocenters. The number of carbonyl (C=O) groups is 6. The summed E-state index contributed by atoms with van der Waals surface area (Å²) < 4.78 is 13.1. The number of hydrogen-bond donors (Lipinski definition) is 6. The lowest BCUT2D eigenvalue weighted by Crippen LogP contribution is -2.52. The van der Waals surface area contributed by atoms with Crippen LogP contribution in [0.2, 0.25) is 51.4 Å². The molecule has 0 aliphatic heterocycles. The van der Waals surface area contributed by atoms with Crippen LogP contribution in [0, 0.1) is 0 Å². The van der Waals surface area contributed by atoms with E-state index in [0.717, 1.165) is 32.0 Å². The molecule has 0 fully saturated rings. The van der Waals surface area contributed by atoms with E-state index in [0.29, 0.717) is 13.0 Å². The fourth-order valence-corrected chi connectivity index (χ4v) is 18.1. The zero-order chi connectivity index (χ0) is 31.7. The van der Waals surface area contributed by atoms with Crippen molar-refractivity contribution in [3.05, 3.63) is 0 Å². The van der Waals surface area contributed by atoms with E-state index < -0.39 is 60.5 Å². The lowest BCUT2D eigenvalue weighted by atomic mass is 10.4. The van der Waals surface area contributed by atoms with Gasteiger partial charge in [0.1, 0.15) is 0 Å². The summed E-state index contributed by atoms with van der Waals surface area (Å²) in [6.45, 7) is 15.1. The summed E-state index contributed by atoms with van der Waals surface area (Å²) in [5, 5.41) is 15.0. The van der Waals surface area contributed by atoms with Gasteiger partial charge in [-0.2, -0.15) is 0 Å². The van der Waals surface area contributed by atoms with Crippen molar-refractivity contribution < 1.29 is 37.0 Å². The van der Waals surface area contributed by atoms with Crippen LogP contribution in [0.25, 0.3) is 0 Å². The van der Waals surface area contributed by atoms with Gasteiger partial charge in [0.25, 0.3) is 5.91 Å². The molecule has 0 aromatic rings. The van der Waals surface area contributed by atoms with Gasteiger partial charge in [-0.05, 0) is 77.8 Å². The van der Waals surface area contributed by atoms with Gasteiger partial charge < -0.3 is 40.1 Å². The Morgan fingerprint density at radius 2 is 0.814 bits per heavy atom. The second-order valence-corrected chi connectivity index (χ2v) is 23.7. The van der Waals surface area contributed by atoms with Gasteiger partial charge in [-0.3, -0.25) is 28.8 Å². The van der Waals surface area contributed by atoms with E-state index in [2.05, 4.69) is 71.2 Å². The Morgan fingerprint density at radius 1 is 0.512 bits per heavy atom. The SMILES string of the molecule is C.C.CNCCC[Si](C)(C)O[Si](C)(C)O[Si](C)(C)CCCNC(=O)C(=O)NCCNC(=O)C(=O)NCCNC(=O)C(C)=O. The average molecular weight is 667 g/mol. The largest absolute Gasteiger partial charge is 0.437 e. The molecule has 0 unspecified atom stereocenters. The van der Waals surface area contributed by atoms with Gasteiger partial charge in [0.15, 0.2) is 16.6 Å². The van der Waals surface area contributed by atoms with Gasteiger partial charge in [0.2, 0.25) is 5.78 Å². The van der Waals surface area contributed by atoms with Crippen molar-refractivity contribution in [2.45, 2.75) is 86.0 Å². The summed E-state index contributed by atoms with van der Waals surface area (Å²) in [7, 11) is -4.25. The fourth-order valence-electron chi connectivity index (χ4n) is 4.01. The molecule has 0 heterocycles. The Balaban J connectivity index is -0.00000800. The highest BCUT2D eigenvalue weighted by Crippen LogP contribution is 2.25. The predicted molar refractivity (Wildman–Crippen MR) is 177 cm³/mol. The Labute approximate surface area is 261 Å². The number of carbonyl (C=O) groups excluding carboxylic acids is 6. The van der Waals surface area contributed by atoms with Crippen LogP contribution < -0.4 is 31.9 Å². The number of amides is 5. The molecule has 6 N–H and O–H groups in total. The molecule has 0 aromatic carbocycles. The molecule has 0 saturated heterocycles. The van der Waals surface area contributed by atoms with Crippen LogP contribution in [0.4, 0.5) is 0 Å². The lowest BCUT2D eigenvalue weighted by Gasteiger charge is -2.38. The van der Waals surface area contributed by atoms with Crippen LogP contribution >= 0.6 is 0 Å². The summed E-state index contributed by atoms with van der Waals surface area (Å²) in [6, 6.07) is 1.87. The molecule has 5 amide bonds. The van der Waals surface area contributed by atoms with Gasteiger partial charge in [-0.15, -0.1) is 0 Å². The Morgan fingerprint density at radius 3 is 1.14 bits per heavy atom. The average Bonchev–Trinajstić information content (AvgIpc) is 2.84. The maximum absolute atomic E-state index is 12.1. The summed E-state index contributed by atoms with van der Waals surface area (Å²) in [5.74, 6) is -4.95. The second-order valence-electron chi connectivity index (χ2n) is 11.3. The molecule has 43 heavy (non-hydrogen) atoms. The van der Waals surface area contributed by atoms with E-state index in [1.807, 2.05) is 7.05 Å². The monoisotopic (exact) mass is 666 g/mol. The Bertz CT molecular complexity index is 919. The lowest BCUT2D eigenvalue weighted by molar-refractivity contribution is -0.139. The molecule has 14 nitrogen and oxygen atoms in total. The van der Waals surface area contributed by atoms with Crippen LogP contribution in [-0.2, 0) is 37.0 Å². The maximum atomic E-state index is 12.1. The molecule has 0 spiro atoms. The highest BCUT2D eigenvalue weighted by molar-refractivity contribution is 6.87. The molecule has 0 rings (SSSR count). The van der Waals surface area contributed by atoms with Crippen LogP contribution in [-0.4, -0.2) is 107 Å². The van der Waals surface area contributed by atoms with Gasteiger partial charge in [-0.1, -0.05) is 14.9 Å². The first-order chi connectivity index (χ1) is 18.9. The van der Waals surface area contributed by atoms with E-state index in [9.17, 15) is 28.8 Å². The highest BCUT2D eigenvalue weighted by Gasteiger charge is 2.39. The molecule has 0 radical (unpaired) electrons. The standard InChI is InChI=1S/C24H50N6O8Si3.2CH4/c1-19(31)20(32)27-13-14-28-23(35)24(36)30-16-15-29-22(34)21(33)26-12-10-18-40(5,6)38-41(7,8)37-39(3,4)17-9-11-25-2;;/h25H,9-18H2,1-8H3,(H,26,33)(H,27,32)(H,28,35)(H,29,34)(H,30,36);2*1H4. The number of hydrogen-bond acceptors (Lipinski definition) is 9. The summed E-state index contributed by atoms with van der Waals surface area (Å²) in [6.07, 6.45) is 1.74. The van der Waals surface area contributed by atoms with Crippen LogP contribution in [0.15, 0.2) is 0 Å². The minimum absolute atomic E-state index is 0. The summed E-state index contributed by atoms with van der Waals surface area (Å²) in [4.78, 5) is 69.4. The third-order valence-electron chi connectivity index (χ3n) is 5.62. The van der Waals surface area contributed by atoms with Crippen molar-refractivity contribution in [2.75, 3.05) is 46.3 Å². The fraction of sp³-hybridized carbons (Fsp3) is 0.769. The third-order valence-corrected chi connectivity index (χ3v) is 17.1. The summed E-state index contributed by atoms with van der Waals surface area (Å²) >= 11 is 0. The zero-order valence-electron chi connectivity index (χ0n) is 25.8. The smallest absolute Gasteiger partial charge is 0.311 e. The Hall–Kier alpha value is -2.45. The van der Waals surface area contributed by atoms with E-state index in [1.165, 1.54) is 0 Å². The number of ketones is 1. The molecular formula is C26H58N6O8Si3. The first-order valence-corrected chi connectivity index (χ1v) is 22.9. The maximum Gasteiger partial charge on any atom is 0.311 e. The molecule has 0 saturated carbocycles. The number of nitrogens with one attached hydrogen (secondary N) is 6. The molecule has 252 valence electrons. The van der Waals surface area contributed by atoms with Crippen LogP contribution in [0.3, 0.4) is 0 Å². The number of Topliss-reactive ketones (excluding diaryl/α,β-unsaturated/α-hetero) is 1. The predicted octanol–water partition coefficient (Wildman–Crippen LogP) is 0.573. The molecule has 17 heteroatoms. The molecule has 0 bridgehead atoms. The third kappa shape index (κ3) is 22.7. The topological polar surface area (TPSA) is 193 Å². The van der Waals surface area contributed by atoms with E-state index in [4.69, 9.17) is 8.23 Å².